The number of hydrogen-bond donors (Lipinski definition) is 1. The van der Waals surface area contributed by atoms with Gasteiger partial charge in [-0.2, -0.15) is 5.10 Å². The molecule has 7 heteroatoms. The number of rotatable bonds is 4. The first-order valence-corrected chi connectivity index (χ1v) is 8.46. The van der Waals surface area contributed by atoms with Crippen LogP contribution in [0.15, 0.2) is 12.3 Å². The molecule has 2 rings (SSSR count). The van der Waals surface area contributed by atoms with Crippen LogP contribution in [0.4, 0.5) is 0 Å². The van der Waals surface area contributed by atoms with Crippen molar-refractivity contribution in [3.05, 3.63) is 18.0 Å². The number of sulfone groups is 1. The number of H-pyrrole nitrogens is 1. The molecule has 1 fully saturated rings. The largest absolute Gasteiger partial charge is 0.343 e. The monoisotopic (exact) mass is 285 g/mol. The highest BCUT2D eigenvalue weighted by Crippen LogP contribution is 2.26. The number of nitrogens with zero attached hydrogens (tertiary/aromatic N) is 2. The SMILES string of the molecule is CS(=O)(=O)CCC(=O)N1CCC(c2ccn[nH]2)CC1. The van der Waals surface area contributed by atoms with Crippen molar-refractivity contribution in [3.8, 4) is 0 Å². The lowest BCUT2D eigenvalue weighted by Gasteiger charge is -2.31. The van der Waals surface area contributed by atoms with Gasteiger partial charge in [0.2, 0.25) is 5.91 Å². The molecule has 0 bridgehead atoms. The van der Waals surface area contributed by atoms with Crippen molar-refractivity contribution in [2.75, 3.05) is 25.1 Å². The topological polar surface area (TPSA) is 83.1 Å². The number of hydrogen-bond acceptors (Lipinski definition) is 4. The van der Waals surface area contributed by atoms with E-state index in [1.54, 1.807) is 11.1 Å². The van der Waals surface area contributed by atoms with Gasteiger partial charge in [0, 0.05) is 43.6 Å². The van der Waals surface area contributed by atoms with Crippen molar-refractivity contribution < 1.29 is 13.2 Å². The summed E-state index contributed by atoms with van der Waals surface area (Å²) in [6, 6.07) is 1.96. The first-order valence-electron chi connectivity index (χ1n) is 6.40. The van der Waals surface area contributed by atoms with Crippen LogP contribution in [0.1, 0.15) is 30.9 Å². The number of aromatic nitrogens is 2. The fourth-order valence-electron chi connectivity index (χ4n) is 2.36. The van der Waals surface area contributed by atoms with Gasteiger partial charge in [-0.15, -0.1) is 0 Å². The number of aromatic amines is 1. The standard InChI is InChI=1S/C12H19N3O3S/c1-19(17,18)9-5-12(16)15-7-3-10(4-8-15)11-2-6-13-14-11/h2,6,10H,3-5,7-9H2,1H3,(H,13,14). The molecule has 0 spiro atoms. The summed E-state index contributed by atoms with van der Waals surface area (Å²) in [6.45, 7) is 1.37. The molecule has 1 N–H and O–H groups in total. The molecule has 0 aliphatic carbocycles. The molecule has 6 nitrogen and oxygen atoms in total. The van der Waals surface area contributed by atoms with E-state index in [2.05, 4.69) is 10.2 Å². The van der Waals surface area contributed by atoms with E-state index < -0.39 is 9.84 Å². The van der Waals surface area contributed by atoms with Crippen LogP contribution in [0.3, 0.4) is 0 Å². The van der Waals surface area contributed by atoms with Crippen molar-refractivity contribution in [1.82, 2.24) is 15.1 Å². The van der Waals surface area contributed by atoms with E-state index >= 15 is 0 Å². The number of nitrogens with one attached hydrogen (secondary N) is 1. The molecule has 19 heavy (non-hydrogen) atoms. The molecular formula is C12H19N3O3S. The first-order chi connectivity index (χ1) is 8.96. The van der Waals surface area contributed by atoms with Crippen molar-refractivity contribution >= 4 is 15.7 Å². The summed E-state index contributed by atoms with van der Waals surface area (Å²) in [4.78, 5) is 13.6. The van der Waals surface area contributed by atoms with E-state index in [4.69, 9.17) is 0 Å². The highest BCUT2D eigenvalue weighted by Gasteiger charge is 2.24. The molecule has 106 valence electrons. The summed E-state index contributed by atoms with van der Waals surface area (Å²) >= 11 is 0. The second kappa shape index (κ2) is 5.73. The maximum atomic E-state index is 11.9. The van der Waals surface area contributed by atoms with E-state index in [0.717, 1.165) is 24.8 Å². The second-order valence-electron chi connectivity index (χ2n) is 5.05. The Morgan fingerprint density at radius 3 is 2.68 bits per heavy atom. The number of piperidine rings is 1. The Labute approximate surface area is 113 Å². The third kappa shape index (κ3) is 4.05. The maximum absolute atomic E-state index is 11.9. The Bertz CT molecular complexity index is 516. The predicted molar refractivity (Wildman–Crippen MR) is 71.5 cm³/mol. The minimum absolute atomic E-state index is 0.0616. The van der Waals surface area contributed by atoms with Crippen molar-refractivity contribution in [1.29, 1.82) is 0 Å². The molecule has 0 atom stereocenters. The lowest BCUT2D eigenvalue weighted by Crippen LogP contribution is -2.38. The van der Waals surface area contributed by atoms with Gasteiger partial charge in [0.15, 0.2) is 0 Å². The van der Waals surface area contributed by atoms with Gasteiger partial charge in [-0.25, -0.2) is 8.42 Å². The highest BCUT2D eigenvalue weighted by molar-refractivity contribution is 7.90. The van der Waals surface area contributed by atoms with E-state index in [0.29, 0.717) is 19.0 Å². The number of likely N-dealkylation sites (tertiary alicyclic amines) is 1. The third-order valence-corrected chi connectivity index (χ3v) is 4.44. The number of amides is 1. The van der Waals surface area contributed by atoms with Gasteiger partial charge in [-0.3, -0.25) is 9.89 Å². The molecular weight excluding hydrogens is 266 g/mol. The van der Waals surface area contributed by atoms with Crippen molar-refractivity contribution in [3.63, 3.8) is 0 Å². The van der Waals surface area contributed by atoms with Gasteiger partial charge < -0.3 is 4.90 Å². The zero-order chi connectivity index (χ0) is 13.9. The molecule has 0 unspecified atom stereocenters. The molecule has 1 amide bonds. The zero-order valence-electron chi connectivity index (χ0n) is 11.0. The van der Waals surface area contributed by atoms with E-state index in [1.165, 1.54) is 0 Å². The maximum Gasteiger partial charge on any atom is 0.223 e. The quantitative estimate of drug-likeness (QED) is 0.875. The lowest BCUT2D eigenvalue weighted by molar-refractivity contribution is -0.131. The number of carbonyl (C=O) groups excluding carboxylic acids is 1. The second-order valence-corrected chi connectivity index (χ2v) is 7.31. The van der Waals surface area contributed by atoms with E-state index in [1.807, 2.05) is 6.07 Å². The minimum Gasteiger partial charge on any atom is -0.343 e. The van der Waals surface area contributed by atoms with Gasteiger partial charge >= 0.3 is 0 Å². The van der Waals surface area contributed by atoms with Gasteiger partial charge in [0.1, 0.15) is 9.84 Å². The van der Waals surface area contributed by atoms with Crippen LogP contribution >= 0.6 is 0 Å². The Morgan fingerprint density at radius 1 is 1.47 bits per heavy atom. The smallest absolute Gasteiger partial charge is 0.223 e. The van der Waals surface area contributed by atoms with E-state index in [-0.39, 0.29) is 18.1 Å². The van der Waals surface area contributed by atoms with Crippen molar-refractivity contribution in [2.45, 2.75) is 25.2 Å². The van der Waals surface area contributed by atoms with Crippen LogP contribution in [0.2, 0.25) is 0 Å². The van der Waals surface area contributed by atoms with Crippen molar-refractivity contribution in [2.24, 2.45) is 0 Å². The molecule has 1 aromatic rings. The summed E-state index contributed by atoms with van der Waals surface area (Å²) in [7, 11) is -3.06. The average Bonchev–Trinajstić information content (AvgIpc) is 2.89. The van der Waals surface area contributed by atoms with Crippen LogP contribution in [-0.2, 0) is 14.6 Å². The molecule has 1 saturated heterocycles. The molecule has 1 aliphatic rings. The Kier molecular flexibility index (Phi) is 4.24. The third-order valence-electron chi connectivity index (χ3n) is 3.50. The summed E-state index contributed by atoms with van der Waals surface area (Å²) < 4.78 is 22.1. The summed E-state index contributed by atoms with van der Waals surface area (Å²) in [5.41, 5.74) is 1.11. The van der Waals surface area contributed by atoms with Crippen LogP contribution in [0, 0.1) is 0 Å². The first kappa shape index (κ1) is 14.0. The molecule has 0 saturated carbocycles. The molecule has 0 aromatic carbocycles. The van der Waals surface area contributed by atoms with Crippen LogP contribution < -0.4 is 0 Å². The molecule has 2 heterocycles. The normalized spacial score (nSPS) is 17.6. The molecule has 1 aromatic heterocycles. The Balaban J connectivity index is 1.81. The fourth-order valence-corrected chi connectivity index (χ4v) is 2.91. The lowest BCUT2D eigenvalue weighted by atomic mass is 9.93. The average molecular weight is 285 g/mol. The minimum atomic E-state index is -3.06. The molecule has 0 radical (unpaired) electrons. The predicted octanol–water partition coefficient (Wildman–Crippen LogP) is 0.550. The van der Waals surface area contributed by atoms with Gasteiger partial charge in [0.25, 0.3) is 0 Å². The summed E-state index contributed by atoms with van der Waals surface area (Å²) in [5.74, 6) is 0.293. The summed E-state index contributed by atoms with van der Waals surface area (Å²) in [6.07, 6.45) is 4.77. The number of carbonyl (C=O) groups is 1. The molecule has 1 aliphatic heterocycles. The summed E-state index contributed by atoms with van der Waals surface area (Å²) in [5, 5.41) is 6.90. The van der Waals surface area contributed by atoms with Crippen LogP contribution in [0.5, 0.6) is 0 Å². The zero-order valence-corrected chi connectivity index (χ0v) is 11.8. The highest BCUT2D eigenvalue weighted by atomic mass is 32.2. The van der Waals surface area contributed by atoms with Gasteiger partial charge in [0.05, 0.1) is 5.75 Å². The van der Waals surface area contributed by atoms with Gasteiger partial charge in [-0.05, 0) is 18.9 Å². The van der Waals surface area contributed by atoms with Gasteiger partial charge in [-0.1, -0.05) is 0 Å². The van der Waals surface area contributed by atoms with E-state index in [9.17, 15) is 13.2 Å². The van der Waals surface area contributed by atoms with Crippen LogP contribution in [0.25, 0.3) is 0 Å². The fraction of sp³-hybridized carbons (Fsp3) is 0.667. The van der Waals surface area contributed by atoms with Crippen LogP contribution in [-0.4, -0.2) is 54.5 Å². The Hall–Kier alpha value is -1.37. The Morgan fingerprint density at radius 2 is 2.16 bits per heavy atom.